The molecule has 1 fully saturated rings. The molecule has 1 aromatic carbocycles. The first-order valence-electron chi connectivity index (χ1n) is 9.22. The molecule has 2 N–H and O–H groups in total. The zero-order chi connectivity index (χ0) is 20.6. The van der Waals surface area contributed by atoms with Crippen molar-refractivity contribution in [2.75, 3.05) is 0 Å². The maximum absolute atomic E-state index is 13.5. The fourth-order valence-electron chi connectivity index (χ4n) is 3.16. The number of ether oxygens (including phenoxy) is 1. The highest BCUT2D eigenvalue weighted by molar-refractivity contribution is 5.95. The summed E-state index contributed by atoms with van der Waals surface area (Å²) in [6.45, 7) is 0.811. The Morgan fingerprint density at radius 3 is 2.62 bits per heavy atom. The van der Waals surface area contributed by atoms with Gasteiger partial charge in [0.05, 0.1) is 11.9 Å². The van der Waals surface area contributed by atoms with Crippen LogP contribution in [-0.4, -0.2) is 15.9 Å². The van der Waals surface area contributed by atoms with E-state index in [9.17, 15) is 13.6 Å². The minimum absolute atomic E-state index is 0.212. The first kappa shape index (κ1) is 19.0. The van der Waals surface area contributed by atoms with Crippen LogP contribution in [0.25, 0.3) is 11.3 Å². The number of pyridine rings is 2. The van der Waals surface area contributed by atoms with E-state index in [-0.39, 0.29) is 11.3 Å². The van der Waals surface area contributed by atoms with Crippen molar-refractivity contribution in [2.24, 2.45) is 5.73 Å². The number of rotatable bonds is 6. The summed E-state index contributed by atoms with van der Waals surface area (Å²) >= 11 is 0. The van der Waals surface area contributed by atoms with Gasteiger partial charge in [0, 0.05) is 42.1 Å². The molecule has 0 atom stereocenters. The van der Waals surface area contributed by atoms with Crippen LogP contribution >= 0.6 is 0 Å². The zero-order valence-electron chi connectivity index (χ0n) is 15.7. The van der Waals surface area contributed by atoms with Gasteiger partial charge in [0.2, 0.25) is 5.91 Å². The summed E-state index contributed by atoms with van der Waals surface area (Å²) in [5.74, 6) is -2.44. The lowest BCUT2D eigenvalue weighted by Gasteiger charge is -2.13. The van der Waals surface area contributed by atoms with Crippen LogP contribution in [0.1, 0.15) is 47.2 Å². The van der Waals surface area contributed by atoms with Gasteiger partial charge in [0.25, 0.3) is 5.92 Å². The molecule has 0 bridgehead atoms. The molecular formula is C22H19F2N3O2. The molecule has 29 heavy (non-hydrogen) atoms. The monoisotopic (exact) mass is 395 g/mol. The van der Waals surface area contributed by atoms with Crippen LogP contribution in [-0.2, 0) is 5.92 Å². The maximum Gasteiger partial charge on any atom is 0.272 e. The first-order valence-corrected chi connectivity index (χ1v) is 9.22. The molecule has 7 heteroatoms. The molecular weight excluding hydrogens is 376 g/mol. The fourth-order valence-corrected chi connectivity index (χ4v) is 3.16. The van der Waals surface area contributed by atoms with E-state index >= 15 is 0 Å². The van der Waals surface area contributed by atoms with E-state index in [2.05, 4.69) is 9.97 Å². The van der Waals surface area contributed by atoms with Crippen LogP contribution in [0.3, 0.4) is 0 Å². The molecule has 0 unspecified atom stereocenters. The second-order valence-corrected chi connectivity index (χ2v) is 7.22. The number of amides is 1. The molecule has 2 heterocycles. The fraction of sp³-hybridized carbons (Fsp3) is 0.227. The summed E-state index contributed by atoms with van der Waals surface area (Å²) in [5.41, 5.74) is 8.21. The smallest absolute Gasteiger partial charge is 0.272 e. The predicted molar refractivity (Wildman–Crippen MR) is 104 cm³/mol. The van der Waals surface area contributed by atoms with E-state index in [0.29, 0.717) is 22.9 Å². The Hall–Kier alpha value is -3.35. The van der Waals surface area contributed by atoms with Gasteiger partial charge in [0.15, 0.2) is 0 Å². The Bertz CT molecular complexity index is 1080. The quantitative estimate of drug-likeness (QED) is 0.635. The number of benzene rings is 1. The number of aromatic nitrogens is 2. The van der Waals surface area contributed by atoms with Crippen LogP contribution in [0, 0.1) is 0 Å². The van der Waals surface area contributed by atoms with E-state index in [4.69, 9.17) is 10.5 Å². The molecule has 5 nitrogen and oxygen atoms in total. The molecule has 148 valence electrons. The van der Waals surface area contributed by atoms with Crippen LogP contribution in [0.2, 0.25) is 0 Å². The maximum atomic E-state index is 13.5. The summed E-state index contributed by atoms with van der Waals surface area (Å²) in [5, 5.41) is 0. The normalized spacial score (nSPS) is 13.9. The summed E-state index contributed by atoms with van der Waals surface area (Å²) < 4.78 is 32.8. The largest absolute Gasteiger partial charge is 0.456 e. The standard InChI is InChI=1S/C22H19F2N3O2/c1-22(23,24)15-9-17(12-26-11-15)29-16-6-7-27-20(10-16)14-4-5-18(21(25)28)19(8-14)13-2-3-13/h4-13H,2-3H2,1H3,(H2,25,28). The number of primary amides is 1. The lowest BCUT2D eigenvalue weighted by molar-refractivity contribution is 0.0169. The number of hydrogen-bond acceptors (Lipinski definition) is 4. The van der Waals surface area contributed by atoms with Gasteiger partial charge < -0.3 is 10.5 Å². The third kappa shape index (κ3) is 4.23. The summed E-state index contributed by atoms with van der Waals surface area (Å²) in [6, 6.07) is 10.1. The van der Waals surface area contributed by atoms with Gasteiger partial charge in [-0.15, -0.1) is 0 Å². The average Bonchev–Trinajstić information content (AvgIpc) is 3.52. The van der Waals surface area contributed by atoms with Crippen molar-refractivity contribution in [1.29, 1.82) is 0 Å². The molecule has 3 aromatic rings. The minimum Gasteiger partial charge on any atom is -0.456 e. The molecule has 1 aliphatic carbocycles. The van der Waals surface area contributed by atoms with E-state index in [1.807, 2.05) is 6.07 Å². The third-order valence-electron chi connectivity index (χ3n) is 4.82. The molecule has 2 aromatic heterocycles. The van der Waals surface area contributed by atoms with E-state index < -0.39 is 11.8 Å². The Labute approximate surface area is 166 Å². The highest BCUT2D eigenvalue weighted by Gasteiger charge is 2.28. The van der Waals surface area contributed by atoms with Gasteiger partial charge in [-0.2, -0.15) is 0 Å². The summed E-state index contributed by atoms with van der Waals surface area (Å²) in [7, 11) is 0. The highest BCUT2D eigenvalue weighted by atomic mass is 19.3. The number of nitrogens with two attached hydrogens (primary N) is 1. The molecule has 0 spiro atoms. The third-order valence-corrected chi connectivity index (χ3v) is 4.82. The van der Waals surface area contributed by atoms with Gasteiger partial charge in [-0.05, 0) is 48.6 Å². The van der Waals surface area contributed by atoms with Crippen molar-refractivity contribution < 1.29 is 18.3 Å². The Kier molecular flexibility index (Phi) is 4.74. The van der Waals surface area contributed by atoms with E-state index in [0.717, 1.165) is 37.1 Å². The van der Waals surface area contributed by atoms with Crippen molar-refractivity contribution in [3.8, 4) is 22.8 Å². The van der Waals surface area contributed by atoms with Gasteiger partial charge >= 0.3 is 0 Å². The Morgan fingerprint density at radius 1 is 1.14 bits per heavy atom. The van der Waals surface area contributed by atoms with Crippen LogP contribution in [0.5, 0.6) is 11.5 Å². The van der Waals surface area contributed by atoms with E-state index in [1.165, 1.54) is 12.3 Å². The van der Waals surface area contributed by atoms with Crippen LogP contribution in [0.15, 0.2) is 55.0 Å². The minimum atomic E-state index is -3.00. The van der Waals surface area contributed by atoms with Crippen molar-refractivity contribution >= 4 is 5.91 Å². The first-order chi connectivity index (χ1) is 13.8. The number of carbonyl (C=O) groups excluding carboxylic acids is 1. The van der Waals surface area contributed by atoms with Crippen molar-refractivity contribution in [3.05, 3.63) is 71.7 Å². The van der Waals surface area contributed by atoms with E-state index in [1.54, 1.807) is 30.5 Å². The van der Waals surface area contributed by atoms with Crippen molar-refractivity contribution in [3.63, 3.8) is 0 Å². The molecule has 0 radical (unpaired) electrons. The molecule has 1 amide bonds. The topological polar surface area (TPSA) is 78.1 Å². The number of hydrogen-bond donors (Lipinski definition) is 1. The molecule has 1 saturated carbocycles. The number of carbonyl (C=O) groups is 1. The lowest BCUT2D eigenvalue weighted by Crippen LogP contribution is -2.13. The molecule has 1 aliphatic rings. The number of halogens is 2. The second kappa shape index (κ2) is 7.24. The van der Waals surface area contributed by atoms with Gasteiger partial charge in [-0.3, -0.25) is 14.8 Å². The molecule has 0 aliphatic heterocycles. The van der Waals surface area contributed by atoms with Crippen molar-refractivity contribution in [2.45, 2.75) is 31.6 Å². The molecule has 0 saturated heterocycles. The zero-order valence-corrected chi connectivity index (χ0v) is 15.7. The SMILES string of the molecule is CC(F)(F)c1cncc(Oc2ccnc(-c3ccc(C(N)=O)c(C4CC4)c3)c2)c1. The molecule has 4 rings (SSSR count). The van der Waals surface area contributed by atoms with Crippen LogP contribution in [0.4, 0.5) is 8.78 Å². The van der Waals surface area contributed by atoms with Gasteiger partial charge in [-0.25, -0.2) is 8.78 Å². The number of nitrogens with zero attached hydrogens (tertiary/aromatic N) is 2. The lowest BCUT2D eigenvalue weighted by atomic mass is 9.98. The number of alkyl halides is 2. The summed E-state index contributed by atoms with van der Waals surface area (Å²) in [6.07, 6.45) is 6.14. The predicted octanol–water partition coefficient (Wildman–Crippen LogP) is 5.02. The van der Waals surface area contributed by atoms with Gasteiger partial charge in [-0.1, -0.05) is 6.07 Å². The van der Waals surface area contributed by atoms with Gasteiger partial charge in [0.1, 0.15) is 11.5 Å². The average molecular weight is 395 g/mol. The van der Waals surface area contributed by atoms with Crippen LogP contribution < -0.4 is 10.5 Å². The van der Waals surface area contributed by atoms with Crippen molar-refractivity contribution in [1.82, 2.24) is 9.97 Å². The second-order valence-electron chi connectivity index (χ2n) is 7.22. The Balaban J connectivity index is 1.63. The highest BCUT2D eigenvalue weighted by Crippen LogP contribution is 2.43. The Morgan fingerprint density at radius 2 is 1.93 bits per heavy atom. The summed E-state index contributed by atoms with van der Waals surface area (Å²) in [4.78, 5) is 19.9.